The van der Waals surface area contributed by atoms with Gasteiger partial charge in [-0.25, -0.2) is 0 Å². The number of aromatic nitrogens is 4. The molecule has 0 aliphatic heterocycles. The van der Waals surface area contributed by atoms with Gasteiger partial charge in [-0.05, 0) is 47.5 Å². The molecule has 0 fully saturated rings. The number of carbonyl (C=O) groups is 1. The van der Waals surface area contributed by atoms with Crippen LogP contribution in [-0.4, -0.2) is 25.5 Å². The van der Waals surface area contributed by atoms with Crippen molar-refractivity contribution in [2.24, 2.45) is 0 Å². The number of amides is 1. The van der Waals surface area contributed by atoms with E-state index in [1.165, 1.54) is 0 Å². The zero-order valence-corrected chi connectivity index (χ0v) is 17.2. The fourth-order valence-corrected chi connectivity index (χ4v) is 3.07. The molecule has 136 valence electrons. The minimum absolute atomic E-state index is 0.220. The molecule has 0 aliphatic rings. The molecule has 0 atom stereocenters. The maximum atomic E-state index is 12.6. The van der Waals surface area contributed by atoms with Crippen molar-refractivity contribution in [1.29, 1.82) is 0 Å². The Morgan fingerprint density at radius 1 is 1.31 bits per heavy atom. The first-order chi connectivity index (χ1) is 12.3. The van der Waals surface area contributed by atoms with Gasteiger partial charge in [0.15, 0.2) is 5.82 Å². The van der Waals surface area contributed by atoms with E-state index < -0.39 is 5.54 Å². The Labute approximate surface area is 169 Å². The SMILES string of the molecule is CC(C)(C(=O)Nc1ccn(Cc2ccc(Cl)cc2Cl)n1)n1cc(Br)cn1. The molecule has 2 aromatic heterocycles. The van der Waals surface area contributed by atoms with Crippen molar-refractivity contribution in [3.05, 3.63) is 62.9 Å². The summed E-state index contributed by atoms with van der Waals surface area (Å²) < 4.78 is 4.10. The van der Waals surface area contributed by atoms with Gasteiger partial charge in [-0.1, -0.05) is 29.3 Å². The predicted molar refractivity (Wildman–Crippen MR) is 106 cm³/mol. The van der Waals surface area contributed by atoms with Crippen molar-refractivity contribution in [1.82, 2.24) is 19.6 Å². The predicted octanol–water partition coefficient (Wildman–Crippen LogP) is 4.57. The lowest BCUT2D eigenvalue weighted by atomic mass is 10.1. The number of hydrogen-bond donors (Lipinski definition) is 1. The molecule has 1 N–H and O–H groups in total. The summed E-state index contributed by atoms with van der Waals surface area (Å²) in [7, 11) is 0. The highest BCUT2D eigenvalue weighted by Crippen LogP contribution is 2.22. The molecule has 0 saturated carbocycles. The second kappa shape index (κ2) is 7.42. The molecule has 0 spiro atoms. The molecule has 0 saturated heterocycles. The number of hydrogen-bond acceptors (Lipinski definition) is 3. The van der Waals surface area contributed by atoms with Crippen LogP contribution in [-0.2, 0) is 16.9 Å². The lowest BCUT2D eigenvalue weighted by molar-refractivity contribution is -0.123. The Balaban J connectivity index is 1.71. The second-order valence-corrected chi connectivity index (χ2v) is 8.01. The van der Waals surface area contributed by atoms with E-state index in [0.29, 0.717) is 22.4 Å². The molecule has 9 heteroatoms. The monoisotopic (exact) mass is 455 g/mol. The fraction of sp³-hybridized carbons (Fsp3) is 0.235. The topological polar surface area (TPSA) is 64.7 Å². The molecule has 3 aromatic rings. The smallest absolute Gasteiger partial charge is 0.252 e. The third-order valence-corrected chi connectivity index (χ3v) is 4.91. The van der Waals surface area contributed by atoms with Gasteiger partial charge >= 0.3 is 0 Å². The van der Waals surface area contributed by atoms with E-state index in [1.807, 2.05) is 6.07 Å². The Morgan fingerprint density at radius 3 is 2.73 bits per heavy atom. The molecular formula is C17H16BrCl2N5O. The van der Waals surface area contributed by atoms with Crippen LogP contribution in [0, 0.1) is 0 Å². The van der Waals surface area contributed by atoms with Gasteiger partial charge in [0.25, 0.3) is 5.91 Å². The van der Waals surface area contributed by atoms with E-state index in [1.54, 1.807) is 60.0 Å². The van der Waals surface area contributed by atoms with Gasteiger partial charge in [-0.15, -0.1) is 0 Å². The zero-order chi connectivity index (χ0) is 18.9. The van der Waals surface area contributed by atoms with E-state index in [4.69, 9.17) is 23.2 Å². The molecule has 0 aliphatic carbocycles. The molecule has 3 rings (SSSR count). The first-order valence-electron chi connectivity index (χ1n) is 7.75. The molecule has 2 heterocycles. The van der Waals surface area contributed by atoms with Crippen molar-refractivity contribution in [2.45, 2.75) is 25.9 Å². The van der Waals surface area contributed by atoms with Gasteiger partial charge in [0.1, 0.15) is 5.54 Å². The molecule has 0 unspecified atom stereocenters. The normalized spacial score (nSPS) is 11.6. The lowest BCUT2D eigenvalue weighted by Crippen LogP contribution is -2.40. The fourth-order valence-electron chi connectivity index (χ4n) is 2.32. The van der Waals surface area contributed by atoms with Crippen LogP contribution in [0.3, 0.4) is 0 Å². The maximum absolute atomic E-state index is 12.6. The first-order valence-corrected chi connectivity index (χ1v) is 9.30. The molecule has 26 heavy (non-hydrogen) atoms. The summed E-state index contributed by atoms with van der Waals surface area (Å²) >= 11 is 15.4. The van der Waals surface area contributed by atoms with Crippen molar-refractivity contribution < 1.29 is 4.79 Å². The van der Waals surface area contributed by atoms with E-state index in [0.717, 1.165) is 10.0 Å². The molecule has 6 nitrogen and oxygen atoms in total. The van der Waals surface area contributed by atoms with Crippen molar-refractivity contribution in [3.63, 3.8) is 0 Å². The van der Waals surface area contributed by atoms with E-state index in [2.05, 4.69) is 31.4 Å². The van der Waals surface area contributed by atoms with Gasteiger partial charge in [0.05, 0.1) is 17.2 Å². The van der Waals surface area contributed by atoms with Crippen LogP contribution in [0.25, 0.3) is 0 Å². The number of carbonyl (C=O) groups excluding carboxylic acids is 1. The number of anilines is 1. The van der Waals surface area contributed by atoms with Crippen LogP contribution < -0.4 is 5.32 Å². The summed E-state index contributed by atoms with van der Waals surface area (Å²) in [4.78, 5) is 12.6. The number of nitrogens with one attached hydrogen (secondary N) is 1. The average molecular weight is 457 g/mol. The molecule has 0 radical (unpaired) electrons. The van der Waals surface area contributed by atoms with Crippen LogP contribution in [0.1, 0.15) is 19.4 Å². The third kappa shape index (κ3) is 4.11. The van der Waals surface area contributed by atoms with Crippen molar-refractivity contribution in [2.75, 3.05) is 5.32 Å². The highest BCUT2D eigenvalue weighted by atomic mass is 79.9. The standard InChI is InChI=1S/C17H16BrCl2N5O/c1-17(2,25-10-12(18)8-21-25)16(26)22-15-5-6-24(23-15)9-11-3-4-13(19)7-14(11)20/h3-8,10H,9H2,1-2H3,(H,22,23,26). The highest BCUT2D eigenvalue weighted by Gasteiger charge is 2.31. The van der Waals surface area contributed by atoms with E-state index >= 15 is 0 Å². The van der Waals surface area contributed by atoms with E-state index in [-0.39, 0.29) is 5.91 Å². The van der Waals surface area contributed by atoms with Gasteiger partial charge < -0.3 is 5.32 Å². The third-order valence-electron chi connectivity index (χ3n) is 3.91. The number of nitrogens with zero attached hydrogens (tertiary/aromatic N) is 4. The Kier molecular flexibility index (Phi) is 5.41. The zero-order valence-electron chi connectivity index (χ0n) is 14.1. The highest BCUT2D eigenvalue weighted by molar-refractivity contribution is 9.10. The Bertz CT molecular complexity index is 950. The summed E-state index contributed by atoms with van der Waals surface area (Å²) in [6.45, 7) is 4.04. The molecular weight excluding hydrogens is 441 g/mol. The molecule has 1 amide bonds. The van der Waals surface area contributed by atoms with Crippen LogP contribution in [0.4, 0.5) is 5.82 Å². The van der Waals surface area contributed by atoms with Crippen LogP contribution in [0.15, 0.2) is 47.3 Å². The van der Waals surface area contributed by atoms with Gasteiger partial charge in [0.2, 0.25) is 0 Å². The van der Waals surface area contributed by atoms with Crippen molar-refractivity contribution >= 4 is 50.9 Å². The summed E-state index contributed by atoms with van der Waals surface area (Å²) in [6.07, 6.45) is 5.17. The first kappa shape index (κ1) is 18.9. The quantitative estimate of drug-likeness (QED) is 0.611. The maximum Gasteiger partial charge on any atom is 0.252 e. The van der Waals surface area contributed by atoms with Crippen LogP contribution in [0.2, 0.25) is 10.0 Å². The lowest BCUT2D eigenvalue weighted by Gasteiger charge is -2.23. The van der Waals surface area contributed by atoms with Crippen LogP contribution >= 0.6 is 39.1 Å². The molecule has 0 bridgehead atoms. The summed E-state index contributed by atoms with van der Waals surface area (Å²) in [5.41, 5.74) is 0.0220. The number of rotatable bonds is 5. The van der Waals surface area contributed by atoms with Gasteiger partial charge in [-0.2, -0.15) is 10.2 Å². The van der Waals surface area contributed by atoms with E-state index in [9.17, 15) is 4.79 Å². The Hall–Kier alpha value is -1.83. The summed E-state index contributed by atoms with van der Waals surface area (Å²) in [5.74, 6) is 0.238. The summed E-state index contributed by atoms with van der Waals surface area (Å²) in [5, 5.41) is 12.5. The minimum Gasteiger partial charge on any atom is -0.307 e. The van der Waals surface area contributed by atoms with Crippen molar-refractivity contribution in [3.8, 4) is 0 Å². The van der Waals surface area contributed by atoms with Crippen LogP contribution in [0.5, 0.6) is 0 Å². The number of benzene rings is 1. The minimum atomic E-state index is -0.866. The summed E-state index contributed by atoms with van der Waals surface area (Å²) in [6, 6.07) is 7.05. The van der Waals surface area contributed by atoms with Gasteiger partial charge in [-0.3, -0.25) is 14.2 Å². The van der Waals surface area contributed by atoms with Gasteiger partial charge in [0, 0.05) is 28.5 Å². The number of halogens is 3. The largest absolute Gasteiger partial charge is 0.307 e. The second-order valence-electron chi connectivity index (χ2n) is 6.25. The molecule has 1 aromatic carbocycles. The average Bonchev–Trinajstić information content (AvgIpc) is 3.19. The Morgan fingerprint density at radius 2 is 2.08 bits per heavy atom.